The Morgan fingerprint density at radius 2 is 1.80 bits per heavy atom. The van der Waals surface area contributed by atoms with E-state index in [1.165, 1.54) is 0 Å². The summed E-state index contributed by atoms with van der Waals surface area (Å²) in [5.74, 6) is 1.91. The van der Waals surface area contributed by atoms with Gasteiger partial charge in [0.15, 0.2) is 0 Å². The fourth-order valence-electron chi connectivity index (χ4n) is 2.67. The zero-order chi connectivity index (χ0) is 17.2. The molecule has 124 valence electrons. The first-order chi connectivity index (χ1) is 12.2. The molecular formula is C20H17N3O2. The minimum Gasteiger partial charge on any atom is -0.497 e. The molecule has 0 atom stereocenters. The number of aromatic nitrogens is 3. The van der Waals surface area contributed by atoms with Gasteiger partial charge < -0.3 is 14.0 Å². The molecule has 5 nitrogen and oxygen atoms in total. The van der Waals surface area contributed by atoms with Gasteiger partial charge in [-0.15, -0.1) is 0 Å². The summed E-state index contributed by atoms with van der Waals surface area (Å²) < 4.78 is 13.3. The second kappa shape index (κ2) is 6.28. The summed E-state index contributed by atoms with van der Waals surface area (Å²) in [5, 5.41) is 1.08. The number of para-hydroxylation sites is 1. The zero-order valence-corrected chi connectivity index (χ0v) is 14.0. The van der Waals surface area contributed by atoms with Crippen molar-refractivity contribution in [2.24, 2.45) is 0 Å². The third-order valence-electron chi connectivity index (χ3n) is 3.91. The molecular weight excluding hydrogens is 314 g/mol. The second-order valence-electron chi connectivity index (χ2n) is 5.73. The van der Waals surface area contributed by atoms with Gasteiger partial charge in [-0.3, -0.25) is 0 Å². The summed E-state index contributed by atoms with van der Waals surface area (Å²) in [4.78, 5) is 8.82. The van der Waals surface area contributed by atoms with Crippen molar-refractivity contribution in [3.05, 3.63) is 72.8 Å². The Bertz CT molecular complexity index is 1040. The first kappa shape index (κ1) is 15.2. The van der Waals surface area contributed by atoms with Crippen molar-refractivity contribution in [3.63, 3.8) is 0 Å². The maximum absolute atomic E-state index is 5.97. The summed E-state index contributed by atoms with van der Waals surface area (Å²) in [5.41, 5.74) is 2.76. The molecule has 0 amide bonds. The molecule has 2 heterocycles. The molecule has 2 aromatic carbocycles. The number of ether oxygens (including phenoxy) is 2. The SMILES string of the molecule is COc1cc(Oc2ccc3ccccc3n2)cc(-n2cnc(C)c2)c1. The van der Waals surface area contributed by atoms with Crippen LogP contribution in [-0.4, -0.2) is 21.6 Å². The Morgan fingerprint density at radius 3 is 2.60 bits per heavy atom. The smallest absolute Gasteiger partial charge is 0.219 e. The average molecular weight is 331 g/mol. The summed E-state index contributed by atoms with van der Waals surface area (Å²) in [7, 11) is 1.64. The molecule has 0 unspecified atom stereocenters. The van der Waals surface area contributed by atoms with Crippen LogP contribution in [0.25, 0.3) is 16.6 Å². The summed E-state index contributed by atoms with van der Waals surface area (Å²) >= 11 is 0. The Hall–Kier alpha value is -3.34. The van der Waals surface area contributed by atoms with Gasteiger partial charge in [0.1, 0.15) is 11.5 Å². The van der Waals surface area contributed by atoms with E-state index in [1.807, 2.05) is 72.3 Å². The van der Waals surface area contributed by atoms with Gasteiger partial charge in [0, 0.05) is 35.8 Å². The highest BCUT2D eigenvalue weighted by Gasteiger charge is 2.07. The standard InChI is InChI=1S/C20H17N3O2/c1-14-12-23(13-21-14)16-9-17(24-2)11-18(10-16)25-20-8-7-15-5-3-4-6-19(15)22-20/h3-13H,1-2H3. The van der Waals surface area contributed by atoms with Crippen molar-refractivity contribution in [1.29, 1.82) is 0 Å². The highest BCUT2D eigenvalue weighted by Crippen LogP contribution is 2.29. The first-order valence-electron chi connectivity index (χ1n) is 7.95. The van der Waals surface area contributed by atoms with Crippen LogP contribution >= 0.6 is 0 Å². The van der Waals surface area contributed by atoms with Crippen molar-refractivity contribution in [1.82, 2.24) is 14.5 Å². The fraction of sp³-hybridized carbons (Fsp3) is 0.100. The number of hydrogen-bond donors (Lipinski definition) is 0. The van der Waals surface area contributed by atoms with Gasteiger partial charge in [0.05, 0.1) is 30.3 Å². The normalized spacial score (nSPS) is 10.8. The molecule has 2 aromatic heterocycles. The Balaban J connectivity index is 1.71. The summed E-state index contributed by atoms with van der Waals surface area (Å²) in [6, 6.07) is 17.5. The predicted octanol–water partition coefficient (Wildman–Crippen LogP) is 4.53. The zero-order valence-electron chi connectivity index (χ0n) is 14.0. The van der Waals surface area contributed by atoms with Crippen LogP contribution in [0.2, 0.25) is 0 Å². The maximum Gasteiger partial charge on any atom is 0.219 e. The van der Waals surface area contributed by atoms with Crippen LogP contribution in [0.3, 0.4) is 0 Å². The number of nitrogens with zero attached hydrogens (tertiary/aromatic N) is 3. The maximum atomic E-state index is 5.97. The van der Waals surface area contributed by atoms with Gasteiger partial charge in [-0.2, -0.15) is 0 Å². The minimum absolute atomic E-state index is 0.541. The van der Waals surface area contributed by atoms with Gasteiger partial charge in [-0.1, -0.05) is 18.2 Å². The van der Waals surface area contributed by atoms with Crippen molar-refractivity contribution in [2.45, 2.75) is 6.92 Å². The summed E-state index contributed by atoms with van der Waals surface area (Å²) in [6.45, 7) is 1.95. The molecule has 0 bridgehead atoms. The minimum atomic E-state index is 0.541. The van der Waals surface area contributed by atoms with E-state index in [1.54, 1.807) is 13.4 Å². The molecule has 0 saturated heterocycles. The lowest BCUT2D eigenvalue weighted by Crippen LogP contribution is -1.95. The van der Waals surface area contributed by atoms with E-state index in [2.05, 4.69) is 9.97 Å². The van der Waals surface area contributed by atoms with Crippen LogP contribution in [-0.2, 0) is 0 Å². The van der Waals surface area contributed by atoms with E-state index in [0.717, 1.165) is 22.3 Å². The third kappa shape index (κ3) is 3.17. The highest BCUT2D eigenvalue weighted by atomic mass is 16.5. The third-order valence-corrected chi connectivity index (χ3v) is 3.91. The number of rotatable bonds is 4. The van der Waals surface area contributed by atoms with Crippen molar-refractivity contribution >= 4 is 10.9 Å². The van der Waals surface area contributed by atoms with Crippen molar-refractivity contribution in [2.75, 3.05) is 7.11 Å². The van der Waals surface area contributed by atoms with Crippen LogP contribution in [0, 0.1) is 6.92 Å². The van der Waals surface area contributed by atoms with E-state index in [-0.39, 0.29) is 0 Å². The first-order valence-corrected chi connectivity index (χ1v) is 7.95. The van der Waals surface area contributed by atoms with Gasteiger partial charge in [-0.25, -0.2) is 9.97 Å². The number of methoxy groups -OCH3 is 1. The monoisotopic (exact) mass is 331 g/mol. The van der Waals surface area contributed by atoms with Crippen LogP contribution in [0.1, 0.15) is 5.69 Å². The topological polar surface area (TPSA) is 49.2 Å². The lowest BCUT2D eigenvalue weighted by molar-refractivity contribution is 0.407. The van der Waals surface area contributed by atoms with Crippen molar-refractivity contribution < 1.29 is 9.47 Å². The Labute approximate surface area is 145 Å². The molecule has 0 aliphatic heterocycles. The molecule has 0 spiro atoms. The number of pyridine rings is 1. The van der Waals surface area contributed by atoms with Crippen molar-refractivity contribution in [3.8, 4) is 23.1 Å². The van der Waals surface area contributed by atoms with E-state index in [4.69, 9.17) is 9.47 Å². The molecule has 0 aliphatic rings. The number of aryl methyl sites for hydroxylation is 1. The van der Waals surface area contributed by atoms with Gasteiger partial charge >= 0.3 is 0 Å². The molecule has 0 N–H and O–H groups in total. The summed E-state index contributed by atoms with van der Waals surface area (Å²) in [6.07, 6.45) is 3.72. The number of fused-ring (bicyclic) bond motifs is 1. The lowest BCUT2D eigenvalue weighted by atomic mass is 10.2. The largest absolute Gasteiger partial charge is 0.497 e. The number of hydrogen-bond acceptors (Lipinski definition) is 4. The quantitative estimate of drug-likeness (QED) is 0.551. The van der Waals surface area contributed by atoms with E-state index < -0.39 is 0 Å². The second-order valence-corrected chi connectivity index (χ2v) is 5.73. The van der Waals surface area contributed by atoms with E-state index >= 15 is 0 Å². The van der Waals surface area contributed by atoms with Crippen LogP contribution in [0.15, 0.2) is 67.1 Å². The molecule has 5 heteroatoms. The lowest BCUT2D eigenvalue weighted by Gasteiger charge is -2.11. The molecule has 0 saturated carbocycles. The molecule has 4 aromatic rings. The molecule has 25 heavy (non-hydrogen) atoms. The van der Waals surface area contributed by atoms with Crippen LogP contribution in [0.4, 0.5) is 0 Å². The average Bonchev–Trinajstić information content (AvgIpc) is 3.08. The Morgan fingerprint density at radius 1 is 0.960 bits per heavy atom. The van der Waals surface area contributed by atoms with Gasteiger partial charge in [0.25, 0.3) is 0 Å². The molecule has 4 rings (SSSR count). The molecule has 0 aliphatic carbocycles. The Kier molecular flexibility index (Phi) is 3.82. The molecule has 0 fully saturated rings. The predicted molar refractivity (Wildman–Crippen MR) is 96.7 cm³/mol. The highest BCUT2D eigenvalue weighted by molar-refractivity contribution is 5.78. The van der Waals surface area contributed by atoms with Gasteiger partial charge in [0.2, 0.25) is 5.88 Å². The van der Waals surface area contributed by atoms with Crippen LogP contribution < -0.4 is 9.47 Å². The van der Waals surface area contributed by atoms with Gasteiger partial charge in [-0.05, 0) is 19.1 Å². The molecule has 0 radical (unpaired) electrons. The van der Waals surface area contributed by atoms with E-state index in [0.29, 0.717) is 17.4 Å². The number of benzene rings is 2. The fourth-order valence-corrected chi connectivity index (χ4v) is 2.67. The van der Waals surface area contributed by atoms with E-state index in [9.17, 15) is 0 Å². The van der Waals surface area contributed by atoms with Crippen LogP contribution in [0.5, 0.6) is 17.4 Å². The number of imidazole rings is 1.